The number of hydrogen-bond acceptors (Lipinski definition) is 3. The fraction of sp³-hybridized carbons (Fsp3) is 0.500. The molecule has 1 aromatic heterocycles. The smallest absolute Gasteiger partial charge is 0.239 e. The predicted octanol–water partition coefficient (Wildman–Crippen LogP) is 2.84. The summed E-state index contributed by atoms with van der Waals surface area (Å²) in [6, 6.07) is 3.52. The number of halogens is 1. The highest BCUT2D eigenvalue weighted by Crippen LogP contribution is 2.13. The third-order valence-electron chi connectivity index (χ3n) is 1.93. The summed E-state index contributed by atoms with van der Waals surface area (Å²) in [4.78, 5) is 15.2. The molecule has 17 heavy (non-hydrogen) atoms. The lowest BCUT2D eigenvalue weighted by atomic mass is 10.2. The van der Waals surface area contributed by atoms with E-state index in [1.165, 1.54) is 0 Å². The van der Waals surface area contributed by atoms with Gasteiger partial charge in [0.2, 0.25) is 5.91 Å². The van der Waals surface area contributed by atoms with Crippen LogP contribution in [0.2, 0.25) is 0 Å². The number of carbonyl (C=O) groups is 1. The summed E-state index contributed by atoms with van der Waals surface area (Å²) in [6.45, 7) is 6.58. The highest BCUT2D eigenvalue weighted by atomic mass is 79.9. The number of aromatic nitrogens is 1. The molecule has 1 heterocycles. The van der Waals surface area contributed by atoms with E-state index >= 15 is 0 Å². The molecular weight excluding hydrogens is 284 g/mol. The highest BCUT2D eigenvalue weighted by molar-refractivity contribution is 9.10. The van der Waals surface area contributed by atoms with Crippen LogP contribution in [0.4, 0.5) is 5.82 Å². The Hall–Kier alpha value is -1.10. The Morgan fingerprint density at radius 3 is 2.65 bits per heavy atom. The first-order chi connectivity index (χ1) is 7.99. The lowest BCUT2D eigenvalue weighted by Gasteiger charge is -2.09. The average molecular weight is 301 g/mol. The highest BCUT2D eigenvalue weighted by Gasteiger charge is 2.09. The normalized spacial score (nSPS) is 12.3. The van der Waals surface area contributed by atoms with Crippen molar-refractivity contribution in [2.24, 2.45) is 5.92 Å². The van der Waals surface area contributed by atoms with Gasteiger partial charge in [0.25, 0.3) is 0 Å². The number of pyridine rings is 1. The van der Waals surface area contributed by atoms with E-state index in [4.69, 9.17) is 4.74 Å². The molecule has 0 aliphatic rings. The Morgan fingerprint density at radius 1 is 1.47 bits per heavy atom. The Morgan fingerprint density at radius 2 is 2.18 bits per heavy atom. The lowest BCUT2D eigenvalue weighted by Crippen LogP contribution is -2.20. The molecule has 0 fully saturated rings. The zero-order chi connectivity index (χ0) is 12.8. The molecule has 0 saturated heterocycles. The maximum absolute atomic E-state index is 11.4. The second-order valence-electron chi connectivity index (χ2n) is 4.19. The van der Waals surface area contributed by atoms with Gasteiger partial charge < -0.3 is 10.1 Å². The van der Waals surface area contributed by atoms with Crippen molar-refractivity contribution in [3.63, 3.8) is 0 Å². The molecule has 0 saturated carbocycles. The second-order valence-corrected chi connectivity index (χ2v) is 5.56. The van der Waals surface area contributed by atoms with E-state index < -0.39 is 0 Å². The first-order valence-electron chi connectivity index (χ1n) is 5.53. The minimum Gasteiger partial charge on any atom is -0.492 e. The van der Waals surface area contributed by atoms with Crippen molar-refractivity contribution >= 4 is 27.7 Å². The van der Waals surface area contributed by atoms with E-state index in [1.54, 1.807) is 25.3 Å². The van der Waals surface area contributed by atoms with Gasteiger partial charge >= 0.3 is 0 Å². The molecule has 0 aromatic carbocycles. The fourth-order valence-electron chi connectivity index (χ4n) is 1.03. The summed E-state index contributed by atoms with van der Waals surface area (Å²) in [7, 11) is 0. The number of alkyl halides is 1. The molecule has 1 atom stereocenters. The molecule has 94 valence electrons. The number of amides is 1. The van der Waals surface area contributed by atoms with Crippen LogP contribution in [0.5, 0.6) is 5.75 Å². The van der Waals surface area contributed by atoms with Gasteiger partial charge in [-0.2, -0.15) is 0 Å². The fourth-order valence-corrected chi connectivity index (χ4v) is 1.14. The zero-order valence-electron chi connectivity index (χ0n) is 10.2. The Labute approximate surface area is 110 Å². The van der Waals surface area contributed by atoms with Crippen molar-refractivity contribution in [1.82, 2.24) is 4.98 Å². The molecule has 0 bridgehead atoms. The topological polar surface area (TPSA) is 51.2 Å². The molecule has 0 spiro atoms. The van der Waals surface area contributed by atoms with Gasteiger partial charge in [0.1, 0.15) is 11.6 Å². The second kappa shape index (κ2) is 6.59. The predicted molar refractivity (Wildman–Crippen MR) is 71.6 cm³/mol. The third-order valence-corrected chi connectivity index (χ3v) is 2.35. The van der Waals surface area contributed by atoms with Gasteiger partial charge in [-0.3, -0.25) is 4.79 Å². The summed E-state index contributed by atoms with van der Waals surface area (Å²) < 4.78 is 5.49. The molecule has 1 rings (SSSR count). The van der Waals surface area contributed by atoms with Crippen LogP contribution in [-0.2, 0) is 4.79 Å². The molecule has 1 amide bonds. The summed E-state index contributed by atoms with van der Waals surface area (Å²) in [5.74, 6) is 1.60. The first kappa shape index (κ1) is 14.0. The largest absolute Gasteiger partial charge is 0.492 e. The minimum absolute atomic E-state index is 0.117. The minimum atomic E-state index is -0.235. The summed E-state index contributed by atoms with van der Waals surface area (Å²) >= 11 is 3.19. The van der Waals surface area contributed by atoms with Crippen LogP contribution in [0.25, 0.3) is 0 Å². The van der Waals surface area contributed by atoms with E-state index in [1.807, 2.05) is 0 Å². The molecule has 0 aliphatic heterocycles. The van der Waals surface area contributed by atoms with Gasteiger partial charge in [-0.05, 0) is 25.0 Å². The Kier molecular flexibility index (Phi) is 5.41. The number of hydrogen-bond donors (Lipinski definition) is 1. The van der Waals surface area contributed by atoms with Crippen LogP contribution in [0.3, 0.4) is 0 Å². The molecule has 0 radical (unpaired) electrons. The van der Waals surface area contributed by atoms with Crippen molar-refractivity contribution in [2.45, 2.75) is 25.6 Å². The quantitative estimate of drug-likeness (QED) is 0.851. The first-order valence-corrected chi connectivity index (χ1v) is 6.44. The van der Waals surface area contributed by atoms with Gasteiger partial charge in [-0.15, -0.1) is 0 Å². The summed E-state index contributed by atoms with van der Waals surface area (Å²) in [5.41, 5.74) is 0. The summed E-state index contributed by atoms with van der Waals surface area (Å²) in [5, 5.41) is 2.68. The van der Waals surface area contributed by atoms with Crippen LogP contribution in [0, 0.1) is 5.92 Å². The van der Waals surface area contributed by atoms with Crippen LogP contribution < -0.4 is 10.1 Å². The van der Waals surface area contributed by atoms with Gasteiger partial charge in [0, 0.05) is 0 Å². The van der Waals surface area contributed by atoms with E-state index in [2.05, 4.69) is 40.1 Å². The van der Waals surface area contributed by atoms with Crippen molar-refractivity contribution in [3.05, 3.63) is 18.3 Å². The van der Waals surface area contributed by atoms with Crippen molar-refractivity contribution in [1.29, 1.82) is 0 Å². The van der Waals surface area contributed by atoms with E-state index in [-0.39, 0.29) is 10.7 Å². The van der Waals surface area contributed by atoms with Gasteiger partial charge in [0.05, 0.1) is 17.6 Å². The molecular formula is C12H17BrN2O2. The number of ether oxygens (including phenoxy) is 1. The number of rotatable bonds is 5. The average Bonchev–Trinajstić information content (AvgIpc) is 2.28. The third kappa shape index (κ3) is 5.17. The maximum Gasteiger partial charge on any atom is 0.239 e. The maximum atomic E-state index is 11.4. The van der Waals surface area contributed by atoms with E-state index in [0.29, 0.717) is 24.1 Å². The molecule has 4 nitrogen and oxygen atoms in total. The number of carbonyl (C=O) groups excluding carboxylic acids is 1. The SMILES string of the molecule is CC(C)COc1ccc(NC(=O)C(C)Br)nc1. The Bertz CT molecular complexity index is 363. The molecule has 5 heteroatoms. The van der Waals surface area contributed by atoms with E-state index in [9.17, 15) is 4.79 Å². The van der Waals surface area contributed by atoms with Crippen LogP contribution >= 0.6 is 15.9 Å². The van der Waals surface area contributed by atoms with Crippen LogP contribution in [-0.4, -0.2) is 22.3 Å². The van der Waals surface area contributed by atoms with Gasteiger partial charge in [0.15, 0.2) is 0 Å². The number of nitrogens with one attached hydrogen (secondary N) is 1. The molecule has 0 aliphatic carbocycles. The standard InChI is InChI=1S/C12H17BrN2O2/c1-8(2)7-17-10-4-5-11(14-6-10)15-12(16)9(3)13/h4-6,8-9H,7H2,1-3H3,(H,14,15,16). The van der Waals surface area contributed by atoms with Crippen molar-refractivity contribution in [2.75, 3.05) is 11.9 Å². The number of anilines is 1. The van der Waals surface area contributed by atoms with E-state index in [0.717, 1.165) is 0 Å². The lowest BCUT2D eigenvalue weighted by molar-refractivity contribution is -0.115. The van der Waals surface area contributed by atoms with Crippen LogP contribution in [0.15, 0.2) is 18.3 Å². The molecule has 1 unspecified atom stereocenters. The number of nitrogens with zero attached hydrogens (tertiary/aromatic N) is 1. The van der Waals surface area contributed by atoms with Gasteiger partial charge in [-0.1, -0.05) is 29.8 Å². The van der Waals surface area contributed by atoms with Crippen molar-refractivity contribution in [3.8, 4) is 5.75 Å². The van der Waals surface area contributed by atoms with Crippen LogP contribution in [0.1, 0.15) is 20.8 Å². The zero-order valence-corrected chi connectivity index (χ0v) is 11.8. The van der Waals surface area contributed by atoms with Gasteiger partial charge in [-0.25, -0.2) is 4.98 Å². The molecule has 1 aromatic rings. The monoisotopic (exact) mass is 300 g/mol. The Balaban J connectivity index is 2.53. The van der Waals surface area contributed by atoms with Crippen molar-refractivity contribution < 1.29 is 9.53 Å². The molecule has 1 N–H and O–H groups in total. The summed E-state index contributed by atoms with van der Waals surface area (Å²) in [6.07, 6.45) is 1.61.